The average molecular weight is 1870 g/mol. The summed E-state index contributed by atoms with van der Waals surface area (Å²) in [7, 11) is 0. The van der Waals surface area contributed by atoms with Gasteiger partial charge in [0.15, 0.2) is 17.9 Å². The molecule has 0 radical (unpaired) electrons. The Bertz CT molecular complexity index is 3900. The van der Waals surface area contributed by atoms with E-state index in [9.17, 15) is 91.4 Å². The molecule has 0 aromatic carbocycles. The van der Waals surface area contributed by atoms with Crippen LogP contribution in [0.15, 0.2) is 15.0 Å². The number of carboxylic acid groups (broad SMARTS) is 1. The number of carbonyl (C=O) groups excluding carboxylic acids is 17. The number of primary amides is 1. The second-order valence-electron chi connectivity index (χ2n) is 34.1. The molecule has 49 nitrogen and oxygen atoms in total. The van der Waals surface area contributed by atoms with Gasteiger partial charge in [-0.05, 0) is 179 Å². The summed E-state index contributed by atoms with van der Waals surface area (Å²) in [4.78, 5) is 264. The molecule has 132 heavy (non-hydrogen) atoms. The number of hydrogen-bond acceptors (Lipinski definition) is 25. The lowest BCUT2D eigenvalue weighted by molar-refractivity contribution is -0.148. The van der Waals surface area contributed by atoms with Crippen molar-refractivity contribution in [3.63, 3.8) is 0 Å². The van der Waals surface area contributed by atoms with E-state index in [4.69, 9.17) is 63.1 Å². The molecule has 0 aromatic heterocycles. The van der Waals surface area contributed by atoms with Gasteiger partial charge in [-0.1, -0.05) is 74.7 Å². The van der Waals surface area contributed by atoms with Gasteiger partial charge >= 0.3 is 5.97 Å². The van der Waals surface area contributed by atoms with Crippen LogP contribution in [0.5, 0.6) is 0 Å². The molecule has 0 aromatic rings. The van der Waals surface area contributed by atoms with E-state index in [1.54, 1.807) is 55.4 Å². The molecule has 2 saturated heterocycles. The van der Waals surface area contributed by atoms with Crippen molar-refractivity contribution < 1.29 is 91.4 Å². The number of rotatable bonds is 64. The molecular formula is C83H152N30O19. The second-order valence-corrected chi connectivity index (χ2v) is 34.1. The summed E-state index contributed by atoms with van der Waals surface area (Å²) in [5.74, 6) is -18.2. The molecule has 0 bridgehead atoms. The van der Waals surface area contributed by atoms with Gasteiger partial charge in [0.2, 0.25) is 100 Å². The van der Waals surface area contributed by atoms with E-state index in [1.165, 1.54) is 23.6 Å². The number of carboxylic acids is 1. The minimum atomic E-state index is -1.58. The molecule has 17 atom stereocenters. The van der Waals surface area contributed by atoms with Crippen LogP contribution < -0.4 is 138 Å². The lowest BCUT2D eigenvalue weighted by atomic mass is 9.96. The number of nitrogens with zero attached hydrogens (tertiary/aromatic N) is 5. The standard InChI is InChI=1S/C83H152N30O19/c1-11-46(7)64(110-73(124)55(32-33-59(88)114)103-60(115)42-98-66(117)48(9)100-70(121)52(25-14-17-35-85)106-74(125)57-30-22-40-112(57)79(130)58-31-23-41-113(58)78(129)56(29-21-39-97-83(93)94)107-68(119)50(87)24-13-16-34-84)75(126)99-43-61(116)102-51(27-19-37-95-81(89)90)69(120)101-49(10)67(118)104-53(26-15-18-36-86)71(122)105-54(28-20-38-96-82(91)92)72(123)108-62(44(3)4)76(127)109-63(45(5)6)77(128)111-65(80(131)132)47(8)12-2/h44-58,62-65H,11-43,84-87H2,1-10H3,(H2,88,114)(H,98,117)(H,99,126)(H,100,121)(H,101,120)(H,102,116)(H,103,115)(H,104,118)(H,105,122)(H,106,125)(H,107,119)(H,108,123)(H,109,127)(H,110,124)(H,111,128)(H,131,132)(H4,89,90,95)(H4,91,92,96)(H4,93,94,97)/t46-,47-,48-,49-,50-,51-,52-,53-,54-,55-,56-,57-,58-,62-,63-,64-,65-/m0/s1. The van der Waals surface area contributed by atoms with Crippen LogP contribution in [0.25, 0.3) is 0 Å². The Morgan fingerprint density at radius 3 is 1.17 bits per heavy atom. The van der Waals surface area contributed by atoms with Crippen molar-refractivity contribution in [2.24, 2.45) is 102 Å². The van der Waals surface area contributed by atoms with E-state index in [-0.39, 0.29) is 141 Å². The van der Waals surface area contributed by atoms with E-state index in [1.807, 2.05) is 0 Å². The quantitative estimate of drug-likeness (QED) is 0.0153. The summed E-state index contributed by atoms with van der Waals surface area (Å²) < 4.78 is 0. The Labute approximate surface area is 771 Å². The van der Waals surface area contributed by atoms with Crippen molar-refractivity contribution in [2.45, 2.75) is 308 Å². The first kappa shape index (κ1) is 116. The monoisotopic (exact) mass is 1870 g/mol. The van der Waals surface area contributed by atoms with Crippen molar-refractivity contribution >= 4 is 124 Å². The highest BCUT2D eigenvalue weighted by molar-refractivity contribution is 6.01. The van der Waals surface area contributed by atoms with Crippen molar-refractivity contribution in [1.29, 1.82) is 0 Å². The van der Waals surface area contributed by atoms with Gasteiger partial charge in [0.1, 0.15) is 84.6 Å². The molecule has 2 heterocycles. The topological polar surface area (TPSA) is 826 Å². The van der Waals surface area contributed by atoms with Crippen LogP contribution in [-0.4, -0.2) is 295 Å². The van der Waals surface area contributed by atoms with Crippen LogP contribution in [-0.2, 0) is 86.3 Å². The number of amides is 17. The number of aliphatic carboxylic acids is 1. The highest BCUT2D eigenvalue weighted by Gasteiger charge is 2.46. The third-order valence-corrected chi connectivity index (χ3v) is 22.6. The van der Waals surface area contributed by atoms with E-state index in [0.29, 0.717) is 64.3 Å². The van der Waals surface area contributed by atoms with Gasteiger partial charge in [0.05, 0.1) is 19.1 Å². The fraction of sp³-hybridized carbons (Fsp3) is 0.747. The molecule has 0 unspecified atom stereocenters. The fourth-order valence-corrected chi connectivity index (χ4v) is 14.4. The predicted molar refractivity (Wildman–Crippen MR) is 491 cm³/mol. The summed E-state index contributed by atoms with van der Waals surface area (Å²) in [6.07, 6.45) is 4.31. The van der Waals surface area contributed by atoms with Crippen LogP contribution in [0.1, 0.15) is 217 Å². The number of unbranched alkanes of at least 4 members (excludes halogenated alkanes) is 3. The molecule has 17 amide bonds. The molecule has 2 aliphatic rings. The summed E-state index contributed by atoms with van der Waals surface area (Å²) in [5.41, 5.74) is 62.1. The molecule has 748 valence electrons. The predicted octanol–water partition coefficient (Wildman–Crippen LogP) is -8.31. The first-order valence-electron chi connectivity index (χ1n) is 45.6. The minimum absolute atomic E-state index is 0.00248. The van der Waals surface area contributed by atoms with Crippen LogP contribution >= 0.6 is 0 Å². The van der Waals surface area contributed by atoms with E-state index in [0.717, 1.165) is 0 Å². The maximum Gasteiger partial charge on any atom is 0.326 e. The Morgan fingerprint density at radius 2 is 0.720 bits per heavy atom. The SMILES string of the molecule is CC[C@H](C)[C@H](NC(=O)[C@@H](NC(=O)[C@@H](NC(=O)[C@H](CCCN=C(N)N)NC(=O)[C@H](CCCCN)NC(=O)[C@H](C)NC(=O)[C@H](CCCN=C(N)N)NC(=O)CNC(=O)[C@@H](NC(=O)[C@H](CCC(N)=O)NC(=O)CNC(=O)[C@H](C)NC(=O)[C@H](CCCCN)NC(=O)[C@@H]1CCCN1C(=O)[C@@H]1CCCN1C(=O)[C@H](CCCN=C(N)N)NC(=O)[C@@H](N)CCCCN)[C@@H](C)CC)C(C)C)C(C)C)C(=O)O. The molecular weight excluding hydrogens is 1720 g/mol. The normalized spacial score (nSPS) is 16.9. The second kappa shape index (κ2) is 61.7. The van der Waals surface area contributed by atoms with Crippen molar-refractivity contribution in [1.82, 2.24) is 84.2 Å². The molecule has 49 heteroatoms. The van der Waals surface area contributed by atoms with Gasteiger partial charge in [-0.15, -0.1) is 0 Å². The largest absolute Gasteiger partial charge is 0.480 e. The van der Waals surface area contributed by atoms with Gasteiger partial charge in [-0.25, -0.2) is 4.79 Å². The Hall–Kier alpha value is -11.9. The highest BCUT2D eigenvalue weighted by Crippen LogP contribution is 2.27. The van der Waals surface area contributed by atoms with E-state index in [2.05, 4.69) is 89.4 Å². The summed E-state index contributed by atoms with van der Waals surface area (Å²) >= 11 is 0. The zero-order valence-electron chi connectivity index (χ0n) is 78.2. The number of guanidine groups is 3. The zero-order chi connectivity index (χ0) is 99.6. The summed E-state index contributed by atoms with van der Waals surface area (Å²) in [6.45, 7) is 15.4. The average Bonchev–Trinajstić information content (AvgIpc) is 1.63. The molecule has 2 rings (SSSR count). The summed E-state index contributed by atoms with van der Waals surface area (Å²) in [6, 6.07) is -19.3. The van der Waals surface area contributed by atoms with E-state index < -0.39 is 247 Å². The number of aliphatic imine (C=N–C) groups is 3. The lowest BCUT2D eigenvalue weighted by Crippen LogP contribution is -2.61. The minimum Gasteiger partial charge on any atom is -0.480 e. The van der Waals surface area contributed by atoms with Gasteiger partial charge < -0.3 is 152 Å². The first-order chi connectivity index (χ1) is 62.3. The zero-order valence-corrected chi connectivity index (χ0v) is 78.2. The molecule has 0 saturated carbocycles. The number of carbonyl (C=O) groups is 18. The third kappa shape index (κ3) is 42.6. The van der Waals surface area contributed by atoms with Crippen molar-refractivity contribution in [2.75, 3.05) is 65.4 Å². The smallest absolute Gasteiger partial charge is 0.326 e. The molecule has 2 fully saturated rings. The first-order valence-corrected chi connectivity index (χ1v) is 45.6. The molecule has 2 aliphatic heterocycles. The number of nitrogens with one attached hydrogen (secondary N) is 14. The van der Waals surface area contributed by atoms with Gasteiger partial charge in [-0.2, -0.15) is 0 Å². The van der Waals surface area contributed by atoms with Gasteiger partial charge in [0, 0.05) is 39.1 Å². The van der Waals surface area contributed by atoms with Crippen LogP contribution in [0.3, 0.4) is 0 Å². The highest BCUT2D eigenvalue weighted by atomic mass is 16.4. The van der Waals surface area contributed by atoms with Gasteiger partial charge in [-0.3, -0.25) is 96.5 Å². The lowest BCUT2D eigenvalue weighted by Gasteiger charge is -2.33. The van der Waals surface area contributed by atoms with Gasteiger partial charge in [0.25, 0.3) is 0 Å². The molecule has 0 spiro atoms. The maximum atomic E-state index is 14.5. The van der Waals surface area contributed by atoms with Crippen molar-refractivity contribution in [3.05, 3.63) is 0 Å². The van der Waals surface area contributed by atoms with Crippen LogP contribution in [0.4, 0.5) is 0 Å². The number of hydrogen-bond donors (Lipinski definition) is 26. The Balaban J connectivity index is 2.31. The Morgan fingerprint density at radius 1 is 0.364 bits per heavy atom. The van der Waals surface area contributed by atoms with Crippen LogP contribution in [0.2, 0.25) is 0 Å². The number of likely N-dealkylation sites (tertiary alicyclic amines) is 2. The summed E-state index contributed by atoms with van der Waals surface area (Å²) in [5, 5.41) is 45.9. The molecule has 37 N–H and O–H groups in total. The maximum absolute atomic E-state index is 14.5. The van der Waals surface area contributed by atoms with Crippen LogP contribution in [0, 0.1) is 23.7 Å². The third-order valence-electron chi connectivity index (χ3n) is 22.6. The number of nitrogens with two attached hydrogens (primary N) is 11. The van der Waals surface area contributed by atoms with E-state index >= 15 is 0 Å². The Kier molecular flexibility index (Phi) is 54.3. The van der Waals surface area contributed by atoms with Crippen molar-refractivity contribution in [3.8, 4) is 0 Å². The molecule has 0 aliphatic carbocycles. The fourth-order valence-electron chi connectivity index (χ4n) is 14.4.